The van der Waals surface area contributed by atoms with Crippen molar-refractivity contribution in [3.05, 3.63) is 83.7 Å². The number of hydrogen-bond donors (Lipinski definition) is 1. The third-order valence-corrected chi connectivity index (χ3v) is 4.25. The highest BCUT2D eigenvalue weighted by molar-refractivity contribution is 5.93. The number of benzene rings is 2. The maximum absolute atomic E-state index is 12.9. The van der Waals surface area contributed by atoms with Crippen LogP contribution >= 0.6 is 0 Å². The molecule has 0 radical (unpaired) electrons. The van der Waals surface area contributed by atoms with E-state index in [4.69, 9.17) is 5.26 Å². The Morgan fingerprint density at radius 3 is 2.29 bits per heavy atom. The van der Waals surface area contributed by atoms with Crippen molar-refractivity contribution >= 4 is 17.5 Å². The second-order valence-electron chi connectivity index (χ2n) is 6.62. The van der Waals surface area contributed by atoms with Gasteiger partial charge in [0.2, 0.25) is 5.95 Å². The molecule has 1 amide bonds. The van der Waals surface area contributed by atoms with E-state index in [0.717, 1.165) is 11.3 Å². The lowest BCUT2D eigenvalue weighted by atomic mass is 10.1. The van der Waals surface area contributed by atoms with Crippen LogP contribution < -0.4 is 5.32 Å². The van der Waals surface area contributed by atoms with Gasteiger partial charge in [-0.3, -0.25) is 4.79 Å². The minimum absolute atomic E-state index is 0.0455. The van der Waals surface area contributed by atoms with Crippen molar-refractivity contribution in [2.45, 2.75) is 26.4 Å². The first-order chi connectivity index (χ1) is 13.6. The topological polar surface area (TPSA) is 81.9 Å². The molecule has 2 aromatic carbocycles. The summed E-state index contributed by atoms with van der Waals surface area (Å²) in [5.74, 6) is 0.282. The smallest absolute Gasteiger partial charge is 0.257 e. The minimum atomic E-state index is -0.108. The molecule has 0 spiro atoms. The number of aromatic nitrogens is 2. The molecule has 0 aliphatic carbocycles. The quantitative estimate of drug-likeness (QED) is 0.704. The molecule has 0 bridgehead atoms. The monoisotopic (exact) mass is 371 g/mol. The molecule has 0 aliphatic heterocycles. The predicted octanol–water partition coefficient (Wildman–Crippen LogP) is 4.14. The van der Waals surface area contributed by atoms with E-state index >= 15 is 0 Å². The van der Waals surface area contributed by atoms with Gasteiger partial charge in [-0.2, -0.15) is 5.26 Å². The van der Waals surface area contributed by atoms with Gasteiger partial charge in [0.25, 0.3) is 5.91 Å². The lowest BCUT2D eigenvalue weighted by molar-refractivity contribution is 0.0689. The van der Waals surface area contributed by atoms with Gasteiger partial charge in [-0.15, -0.1) is 0 Å². The highest BCUT2D eigenvalue weighted by atomic mass is 16.2. The van der Waals surface area contributed by atoms with Crippen LogP contribution in [0.25, 0.3) is 0 Å². The maximum Gasteiger partial charge on any atom is 0.257 e. The van der Waals surface area contributed by atoms with E-state index in [1.165, 1.54) is 12.4 Å². The van der Waals surface area contributed by atoms with Crippen molar-refractivity contribution in [3.63, 3.8) is 0 Å². The Bertz CT molecular complexity index is 961. The van der Waals surface area contributed by atoms with E-state index in [9.17, 15) is 4.79 Å². The Balaban J connectivity index is 1.71. The number of carbonyl (C=O) groups excluding carboxylic acids is 1. The highest BCUT2D eigenvalue weighted by Gasteiger charge is 2.20. The number of carbonyl (C=O) groups is 1. The van der Waals surface area contributed by atoms with Crippen LogP contribution in [-0.4, -0.2) is 26.8 Å². The number of nitrogens with one attached hydrogen (secondary N) is 1. The lowest BCUT2D eigenvalue weighted by Gasteiger charge is -2.26. The van der Waals surface area contributed by atoms with E-state index < -0.39 is 0 Å². The Kier molecular flexibility index (Phi) is 5.97. The first kappa shape index (κ1) is 19.1. The third-order valence-electron chi connectivity index (χ3n) is 4.25. The van der Waals surface area contributed by atoms with Crippen LogP contribution in [0.4, 0.5) is 11.6 Å². The molecule has 1 heterocycles. The van der Waals surface area contributed by atoms with Crippen LogP contribution in [0.1, 0.15) is 35.3 Å². The van der Waals surface area contributed by atoms with Gasteiger partial charge < -0.3 is 10.2 Å². The summed E-state index contributed by atoms with van der Waals surface area (Å²) in [5.41, 5.74) is 2.87. The summed E-state index contributed by atoms with van der Waals surface area (Å²) in [6.07, 6.45) is 3.06. The summed E-state index contributed by atoms with van der Waals surface area (Å²) in [6, 6.07) is 19.0. The van der Waals surface area contributed by atoms with Gasteiger partial charge in [0.05, 0.1) is 17.2 Å². The summed E-state index contributed by atoms with van der Waals surface area (Å²) in [7, 11) is 0. The van der Waals surface area contributed by atoms with Gasteiger partial charge in [-0.05, 0) is 43.7 Å². The Labute approximate surface area is 164 Å². The molecule has 1 aromatic heterocycles. The molecule has 1 N–H and O–H groups in total. The fraction of sp³-hybridized carbons (Fsp3) is 0.182. The van der Waals surface area contributed by atoms with E-state index in [0.29, 0.717) is 23.6 Å². The Morgan fingerprint density at radius 1 is 1.07 bits per heavy atom. The summed E-state index contributed by atoms with van der Waals surface area (Å²) in [5, 5.41) is 11.9. The fourth-order valence-corrected chi connectivity index (χ4v) is 2.70. The zero-order valence-electron chi connectivity index (χ0n) is 15.8. The Morgan fingerprint density at radius 2 is 1.71 bits per heavy atom. The number of anilines is 2. The minimum Gasteiger partial charge on any atom is -0.332 e. The number of hydrogen-bond acceptors (Lipinski definition) is 5. The molecular weight excluding hydrogens is 350 g/mol. The van der Waals surface area contributed by atoms with Crippen LogP contribution in [0, 0.1) is 11.3 Å². The molecule has 0 unspecified atom stereocenters. The SMILES string of the molecule is CC(C)N(Cc1ccccc1)C(=O)c1cnc(Nc2ccc(C#N)cc2)nc1. The lowest BCUT2D eigenvalue weighted by Crippen LogP contribution is -2.36. The van der Waals surface area contributed by atoms with E-state index in [2.05, 4.69) is 21.4 Å². The maximum atomic E-state index is 12.9. The average molecular weight is 371 g/mol. The van der Waals surface area contributed by atoms with Gasteiger partial charge >= 0.3 is 0 Å². The fourth-order valence-electron chi connectivity index (χ4n) is 2.70. The first-order valence-electron chi connectivity index (χ1n) is 9.01. The van der Waals surface area contributed by atoms with E-state index in [-0.39, 0.29) is 11.9 Å². The third kappa shape index (κ3) is 4.71. The number of nitrogens with zero attached hydrogens (tertiary/aromatic N) is 4. The van der Waals surface area contributed by atoms with Crippen LogP contribution in [0.2, 0.25) is 0 Å². The Hall–Kier alpha value is -3.72. The number of rotatable bonds is 6. The van der Waals surface area contributed by atoms with Gasteiger partial charge in [0, 0.05) is 30.7 Å². The van der Waals surface area contributed by atoms with E-state index in [1.807, 2.05) is 44.2 Å². The molecule has 3 aromatic rings. The molecule has 3 rings (SSSR count). The van der Waals surface area contributed by atoms with Crippen molar-refractivity contribution < 1.29 is 4.79 Å². The summed E-state index contributed by atoms with van der Waals surface area (Å²) in [6.45, 7) is 4.51. The summed E-state index contributed by atoms with van der Waals surface area (Å²) >= 11 is 0. The number of amides is 1. The van der Waals surface area contributed by atoms with Crippen LogP contribution in [0.3, 0.4) is 0 Å². The van der Waals surface area contributed by atoms with Crippen LogP contribution in [0.5, 0.6) is 0 Å². The largest absolute Gasteiger partial charge is 0.332 e. The molecular formula is C22H21N5O. The molecule has 0 fully saturated rings. The molecule has 0 aliphatic rings. The average Bonchev–Trinajstić information content (AvgIpc) is 2.73. The summed E-state index contributed by atoms with van der Waals surface area (Å²) < 4.78 is 0. The molecule has 0 atom stereocenters. The zero-order valence-corrected chi connectivity index (χ0v) is 15.8. The van der Waals surface area contributed by atoms with Crippen molar-refractivity contribution in [2.24, 2.45) is 0 Å². The molecule has 28 heavy (non-hydrogen) atoms. The molecule has 0 saturated heterocycles. The van der Waals surface area contributed by atoms with Crippen LogP contribution in [-0.2, 0) is 6.54 Å². The predicted molar refractivity (Wildman–Crippen MR) is 108 cm³/mol. The summed E-state index contributed by atoms with van der Waals surface area (Å²) in [4.78, 5) is 23.2. The zero-order chi connectivity index (χ0) is 19.9. The molecule has 140 valence electrons. The first-order valence-corrected chi connectivity index (χ1v) is 9.01. The normalized spacial score (nSPS) is 10.4. The molecule has 6 heteroatoms. The van der Waals surface area contributed by atoms with Crippen LogP contribution in [0.15, 0.2) is 67.0 Å². The van der Waals surface area contributed by atoms with Crippen molar-refractivity contribution in [1.82, 2.24) is 14.9 Å². The van der Waals surface area contributed by atoms with Crippen molar-refractivity contribution in [1.29, 1.82) is 5.26 Å². The second kappa shape index (κ2) is 8.78. The van der Waals surface area contributed by atoms with Crippen molar-refractivity contribution in [3.8, 4) is 6.07 Å². The number of nitriles is 1. The molecule has 6 nitrogen and oxygen atoms in total. The molecule has 0 saturated carbocycles. The van der Waals surface area contributed by atoms with Gasteiger partial charge in [-0.1, -0.05) is 30.3 Å². The van der Waals surface area contributed by atoms with Crippen molar-refractivity contribution in [2.75, 3.05) is 5.32 Å². The standard InChI is InChI=1S/C22H21N5O/c1-16(2)27(15-18-6-4-3-5-7-18)21(28)19-13-24-22(25-14-19)26-20-10-8-17(12-23)9-11-20/h3-11,13-14,16H,15H2,1-2H3,(H,24,25,26). The van der Waals surface area contributed by atoms with Gasteiger partial charge in [-0.25, -0.2) is 9.97 Å². The highest BCUT2D eigenvalue weighted by Crippen LogP contribution is 2.16. The van der Waals surface area contributed by atoms with E-state index in [1.54, 1.807) is 29.2 Å². The second-order valence-corrected chi connectivity index (χ2v) is 6.62. The van der Waals surface area contributed by atoms with Gasteiger partial charge in [0.15, 0.2) is 0 Å². The van der Waals surface area contributed by atoms with Gasteiger partial charge in [0.1, 0.15) is 0 Å².